The summed E-state index contributed by atoms with van der Waals surface area (Å²) in [6, 6.07) is 3.73. The summed E-state index contributed by atoms with van der Waals surface area (Å²) in [5.41, 5.74) is -0.394. The molecule has 2 heterocycles. The third-order valence-corrected chi connectivity index (χ3v) is 5.52. The lowest BCUT2D eigenvalue weighted by Gasteiger charge is -2.48. The van der Waals surface area contributed by atoms with Crippen LogP contribution in [0.2, 0.25) is 0 Å². The fraction of sp³-hybridized carbons (Fsp3) is 0.941. The number of hydrogen-bond donors (Lipinski definition) is 1. The Balaban J connectivity index is 1.92. The molecular weight excluding hydrogens is 260 g/mol. The van der Waals surface area contributed by atoms with Gasteiger partial charge in [0.1, 0.15) is 5.54 Å². The minimum absolute atomic E-state index is 0.394. The zero-order valence-electron chi connectivity index (χ0n) is 14.2. The highest BCUT2D eigenvalue weighted by Gasteiger charge is 2.37. The lowest BCUT2D eigenvalue weighted by atomic mass is 9.83. The van der Waals surface area contributed by atoms with E-state index in [9.17, 15) is 5.26 Å². The van der Waals surface area contributed by atoms with E-state index in [1.807, 2.05) is 6.92 Å². The fourth-order valence-corrected chi connectivity index (χ4v) is 4.35. The standard InChI is InChI=1S/C17H32N4/c1-5-19-17(3,13-18)11-14(2)21-10-8-16-15(12-21)7-6-9-20(16)4/h14-16,19H,5-12H2,1-4H3. The molecule has 4 heteroatoms. The van der Waals surface area contributed by atoms with Crippen molar-refractivity contribution < 1.29 is 0 Å². The maximum Gasteiger partial charge on any atom is 0.105 e. The number of piperidine rings is 2. The number of fused-ring (bicyclic) bond motifs is 1. The van der Waals surface area contributed by atoms with Crippen molar-refractivity contribution in [2.24, 2.45) is 5.92 Å². The van der Waals surface area contributed by atoms with E-state index in [-0.39, 0.29) is 0 Å². The Hall–Kier alpha value is -0.630. The largest absolute Gasteiger partial charge is 0.303 e. The van der Waals surface area contributed by atoms with Gasteiger partial charge in [0.2, 0.25) is 0 Å². The van der Waals surface area contributed by atoms with Crippen molar-refractivity contribution in [2.75, 3.05) is 33.2 Å². The summed E-state index contributed by atoms with van der Waals surface area (Å²) in [5, 5.41) is 12.8. The molecular formula is C17H32N4. The first-order valence-corrected chi connectivity index (χ1v) is 8.59. The van der Waals surface area contributed by atoms with E-state index in [4.69, 9.17) is 0 Å². The van der Waals surface area contributed by atoms with E-state index in [2.05, 4.69) is 42.1 Å². The van der Waals surface area contributed by atoms with Crippen molar-refractivity contribution in [1.82, 2.24) is 15.1 Å². The summed E-state index contributed by atoms with van der Waals surface area (Å²) in [7, 11) is 2.29. The molecule has 2 saturated heterocycles. The maximum absolute atomic E-state index is 9.45. The van der Waals surface area contributed by atoms with Crippen molar-refractivity contribution in [1.29, 1.82) is 5.26 Å². The molecule has 0 spiro atoms. The van der Waals surface area contributed by atoms with Gasteiger partial charge in [0.05, 0.1) is 6.07 Å². The molecule has 0 amide bonds. The van der Waals surface area contributed by atoms with Gasteiger partial charge in [0, 0.05) is 18.6 Å². The summed E-state index contributed by atoms with van der Waals surface area (Å²) < 4.78 is 0. The van der Waals surface area contributed by atoms with Crippen LogP contribution in [0.3, 0.4) is 0 Å². The molecule has 0 aromatic rings. The van der Waals surface area contributed by atoms with Gasteiger partial charge in [-0.1, -0.05) is 6.92 Å². The van der Waals surface area contributed by atoms with Crippen LogP contribution in [0.1, 0.15) is 46.5 Å². The molecule has 2 fully saturated rings. The number of nitriles is 1. The molecule has 1 N–H and O–H groups in total. The van der Waals surface area contributed by atoms with Crippen LogP contribution in [-0.2, 0) is 0 Å². The molecule has 4 atom stereocenters. The summed E-state index contributed by atoms with van der Waals surface area (Å²) in [4.78, 5) is 5.18. The quantitative estimate of drug-likeness (QED) is 0.842. The molecule has 0 aliphatic carbocycles. The molecule has 0 bridgehead atoms. The summed E-state index contributed by atoms with van der Waals surface area (Å²) >= 11 is 0. The first-order chi connectivity index (χ1) is 9.99. The topological polar surface area (TPSA) is 42.3 Å². The zero-order chi connectivity index (χ0) is 15.5. The normalized spacial score (nSPS) is 32.0. The Morgan fingerprint density at radius 2 is 2.14 bits per heavy atom. The Labute approximate surface area is 130 Å². The van der Waals surface area contributed by atoms with Gasteiger partial charge in [-0.15, -0.1) is 0 Å². The van der Waals surface area contributed by atoms with E-state index in [0.717, 1.165) is 24.9 Å². The van der Waals surface area contributed by atoms with Crippen LogP contribution in [0.5, 0.6) is 0 Å². The third-order valence-electron chi connectivity index (χ3n) is 5.52. The molecule has 21 heavy (non-hydrogen) atoms. The first kappa shape index (κ1) is 16.7. The predicted molar refractivity (Wildman–Crippen MR) is 87.1 cm³/mol. The van der Waals surface area contributed by atoms with Crippen molar-refractivity contribution in [3.8, 4) is 6.07 Å². The van der Waals surface area contributed by atoms with Crippen LogP contribution in [0.25, 0.3) is 0 Å². The van der Waals surface area contributed by atoms with Crippen molar-refractivity contribution >= 4 is 0 Å². The maximum atomic E-state index is 9.45. The van der Waals surface area contributed by atoms with Crippen LogP contribution < -0.4 is 5.32 Å². The van der Waals surface area contributed by atoms with Crippen molar-refractivity contribution in [2.45, 2.75) is 64.1 Å². The van der Waals surface area contributed by atoms with Crippen LogP contribution in [0, 0.1) is 17.2 Å². The number of hydrogen-bond acceptors (Lipinski definition) is 4. The Morgan fingerprint density at radius 3 is 2.81 bits per heavy atom. The van der Waals surface area contributed by atoms with Crippen LogP contribution >= 0.6 is 0 Å². The average Bonchev–Trinajstić information content (AvgIpc) is 2.47. The number of rotatable bonds is 5. The van der Waals surface area contributed by atoms with Gasteiger partial charge in [-0.3, -0.25) is 5.32 Å². The average molecular weight is 292 g/mol. The second-order valence-electron chi connectivity index (χ2n) is 7.26. The molecule has 2 aliphatic heterocycles. The van der Waals surface area contributed by atoms with Gasteiger partial charge in [-0.25, -0.2) is 0 Å². The highest BCUT2D eigenvalue weighted by molar-refractivity contribution is 5.05. The second kappa shape index (κ2) is 7.09. The summed E-state index contributed by atoms with van der Waals surface area (Å²) in [5.74, 6) is 0.826. The number of nitrogens with zero attached hydrogens (tertiary/aromatic N) is 3. The van der Waals surface area contributed by atoms with Crippen LogP contribution in [0.4, 0.5) is 0 Å². The van der Waals surface area contributed by atoms with Gasteiger partial charge < -0.3 is 9.80 Å². The molecule has 0 aromatic heterocycles. The molecule has 0 radical (unpaired) electrons. The second-order valence-corrected chi connectivity index (χ2v) is 7.26. The predicted octanol–water partition coefficient (Wildman–Crippen LogP) is 2.07. The van der Waals surface area contributed by atoms with Gasteiger partial charge >= 0.3 is 0 Å². The van der Waals surface area contributed by atoms with Crippen LogP contribution in [-0.4, -0.2) is 60.6 Å². The minimum atomic E-state index is -0.394. The van der Waals surface area contributed by atoms with Gasteiger partial charge in [0.15, 0.2) is 0 Å². The smallest absolute Gasteiger partial charge is 0.105 e. The SMILES string of the molecule is CCNC(C)(C#N)CC(C)N1CCC2C(CCCN2C)C1. The Bertz CT molecular complexity index is 377. The zero-order valence-corrected chi connectivity index (χ0v) is 14.2. The molecule has 0 aromatic carbocycles. The third kappa shape index (κ3) is 3.97. The van der Waals surface area contributed by atoms with Crippen molar-refractivity contribution in [3.05, 3.63) is 0 Å². The lowest BCUT2D eigenvalue weighted by molar-refractivity contribution is 0.0186. The number of nitrogens with one attached hydrogen (secondary N) is 1. The van der Waals surface area contributed by atoms with E-state index < -0.39 is 5.54 Å². The Morgan fingerprint density at radius 1 is 1.38 bits per heavy atom. The first-order valence-electron chi connectivity index (χ1n) is 8.59. The van der Waals surface area contributed by atoms with E-state index in [0.29, 0.717) is 6.04 Å². The highest BCUT2D eigenvalue weighted by Crippen LogP contribution is 2.31. The van der Waals surface area contributed by atoms with Crippen molar-refractivity contribution in [3.63, 3.8) is 0 Å². The lowest BCUT2D eigenvalue weighted by Crippen LogP contribution is -2.56. The monoisotopic (exact) mass is 292 g/mol. The number of likely N-dealkylation sites (tertiary alicyclic amines) is 2. The summed E-state index contributed by atoms with van der Waals surface area (Å²) in [6.07, 6.45) is 4.91. The summed E-state index contributed by atoms with van der Waals surface area (Å²) in [6.45, 7) is 10.9. The van der Waals surface area contributed by atoms with Gasteiger partial charge in [-0.2, -0.15) is 5.26 Å². The van der Waals surface area contributed by atoms with E-state index in [1.165, 1.54) is 38.9 Å². The molecule has 4 unspecified atom stereocenters. The molecule has 0 saturated carbocycles. The fourth-order valence-electron chi connectivity index (χ4n) is 4.35. The van der Waals surface area contributed by atoms with E-state index >= 15 is 0 Å². The molecule has 2 aliphatic rings. The Kier molecular flexibility index (Phi) is 5.65. The molecule has 2 rings (SSSR count). The van der Waals surface area contributed by atoms with Crippen LogP contribution in [0.15, 0.2) is 0 Å². The van der Waals surface area contributed by atoms with Gasteiger partial charge in [0.25, 0.3) is 0 Å². The van der Waals surface area contributed by atoms with Gasteiger partial charge in [-0.05, 0) is 72.1 Å². The molecule has 4 nitrogen and oxygen atoms in total. The highest BCUT2D eigenvalue weighted by atomic mass is 15.2. The minimum Gasteiger partial charge on any atom is -0.303 e. The van der Waals surface area contributed by atoms with E-state index in [1.54, 1.807) is 0 Å². The molecule has 120 valence electrons.